The summed E-state index contributed by atoms with van der Waals surface area (Å²) in [5.74, 6) is 0.779. The Labute approximate surface area is 207 Å². The number of hydrogen-bond acceptors (Lipinski definition) is 7. The van der Waals surface area contributed by atoms with Gasteiger partial charge in [0.2, 0.25) is 5.91 Å². The van der Waals surface area contributed by atoms with E-state index in [0.717, 1.165) is 54.6 Å². The highest BCUT2D eigenvalue weighted by Gasteiger charge is 2.21. The van der Waals surface area contributed by atoms with Gasteiger partial charge in [0.1, 0.15) is 11.6 Å². The molecule has 0 spiro atoms. The van der Waals surface area contributed by atoms with E-state index in [4.69, 9.17) is 9.47 Å². The van der Waals surface area contributed by atoms with Crippen LogP contribution < -0.4 is 9.64 Å². The molecule has 0 N–H and O–H groups in total. The summed E-state index contributed by atoms with van der Waals surface area (Å²) >= 11 is 2.84. The van der Waals surface area contributed by atoms with Gasteiger partial charge in [0, 0.05) is 31.1 Å². The highest BCUT2D eigenvalue weighted by atomic mass is 35.5. The minimum atomic E-state index is -0.298. The molecule has 4 rings (SSSR count). The van der Waals surface area contributed by atoms with Crippen molar-refractivity contribution in [3.8, 4) is 5.75 Å². The maximum absolute atomic E-state index is 13.6. The van der Waals surface area contributed by atoms with E-state index in [9.17, 15) is 9.18 Å². The van der Waals surface area contributed by atoms with Gasteiger partial charge < -0.3 is 9.47 Å². The van der Waals surface area contributed by atoms with Gasteiger partial charge in [0.15, 0.2) is 5.13 Å². The van der Waals surface area contributed by atoms with E-state index < -0.39 is 0 Å². The van der Waals surface area contributed by atoms with Crippen molar-refractivity contribution in [2.75, 3.05) is 57.2 Å². The van der Waals surface area contributed by atoms with Crippen molar-refractivity contribution < 1.29 is 18.7 Å². The number of rotatable bonds is 9. The predicted molar refractivity (Wildman–Crippen MR) is 135 cm³/mol. The van der Waals surface area contributed by atoms with E-state index in [-0.39, 0.29) is 24.1 Å². The lowest BCUT2D eigenvalue weighted by molar-refractivity contribution is -0.116. The Balaban J connectivity index is 0.00000306. The average Bonchev–Trinajstić information content (AvgIpc) is 3.24. The van der Waals surface area contributed by atoms with Crippen LogP contribution in [0.15, 0.2) is 47.4 Å². The third-order valence-corrected chi connectivity index (χ3v) is 7.29. The summed E-state index contributed by atoms with van der Waals surface area (Å²) in [6.07, 6.45) is 0.837. The van der Waals surface area contributed by atoms with Gasteiger partial charge in [-0.05, 0) is 48.9 Å². The number of nitrogens with zero attached hydrogens (tertiary/aromatic N) is 3. The zero-order valence-electron chi connectivity index (χ0n) is 18.4. The lowest BCUT2D eigenvalue weighted by Crippen LogP contribution is -2.39. The number of carbonyl (C=O) groups is 1. The van der Waals surface area contributed by atoms with Crippen LogP contribution in [0.1, 0.15) is 6.42 Å². The van der Waals surface area contributed by atoms with Gasteiger partial charge >= 0.3 is 0 Å². The standard InChI is InChI=1S/C23H26FN3O3S2.ClH/c1-29-18-4-6-19(7-5-18)31-16-22(28)27(10-2-9-26-11-13-30-14-12-26)23-25-20-8-3-17(24)15-21(20)32-23;/h3-8,15H,2,9-14,16H2,1H3;1H. The summed E-state index contributed by atoms with van der Waals surface area (Å²) in [5, 5.41) is 0.618. The summed E-state index contributed by atoms with van der Waals surface area (Å²) in [6, 6.07) is 12.2. The monoisotopic (exact) mass is 511 g/mol. The molecule has 0 saturated carbocycles. The van der Waals surface area contributed by atoms with E-state index in [2.05, 4.69) is 9.88 Å². The molecule has 2 heterocycles. The molecule has 10 heteroatoms. The number of halogens is 2. The highest BCUT2D eigenvalue weighted by Crippen LogP contribution is 2.30. The maximum Gasteiger partial charge on any atom is 0.239 e. The van der Waals surface area contributed by atoms with Gasteiger partial charge in [0.25, 0.3) is 0 Å². The number of benzene rings is 2. The number of fused-ring (bicyclic) bond motifs is 1. The number of amides is 1. The van der Waals surface area contributed by atoms with Crippen molar-refractivity contribution in [1.82, 2.24) is 9.88 Å². The van der Waals surface area contributed by atoms with Crippen molar-refractivity contribution in [2.45, 2.75) is 11.3 Å². The van der Waals surface area contributed by atoms with Crippen LogP contribution in [0.3, 0.4) is 0 Å². The van der Waals surface area contributed by atoms with Crippen LogP contribution in [0.25, 0.3) is 10.2 Å². The fourth-order valence-corrected chi connectivity index (χ4v) is 5.31. The smallest absolute Gasteiger partial charge is 0.239 e. The van der Waals surface area contributed by atoms with Crippen LogP contribution in [-0.2, 0) is 9.53 Å². The summed E-state index contributed by atoms with van der Waals surface area (Å²) in [6.45, 7) is 4.82. The van der Waals surface area contributed by atoms with E-state index in [1.54, 1.807) is 18.1 Å². The molecule has 1 fully saturated rings. The number of morpholine rings is 1. The molecular weight excluding hydrogens is 485 g/mol. The van der Waals surface area contributed by atoms with E-state index in [1.165, 1.54) is 35.2 Å². The van der Waals surface area contributed by atoms with Crippen LogP contribution in [0.5, 0.6) is 5.75 Å². The quantitative estimate of drug-likeness (QED) is 0.388. The molecule has 1 amide bonds. The number of thiazole rings is 1. The van der Waals surface area contributed by atoms with Crippen LogP contribution in [0, 0.1) is 5.82 Å². The molecule has 1 aliphatic rings. The number of ether oxygens (including phenoxy) is 2. The number of methoxy groups -OCH3 is 1. The molecule has 3 aromatic rings. The number of thioether (sulfide) groups is 1. The highest BCUT2D eigenvalue weighted by molar-refractivity contribution is 8.00. The molecule has 6 nitrogen and oxygen atoms in total. The Bertz CT molecular complexity index is 1050. The van der Waals surface area contributed by atoms with Crippen molar-refractivity contribution in [1.29, 1.82) is 0 Å². The second kappa shape index (κ2) is 12.5. The number of anilines is 1. The first kappa shape index (κ1) is 25.7. The molecule has 1 saturated heterocycles. The van der Waals surface area contributed by atoms with E-state index >= 15 is 0 Å². The van der Waals surface area contributed by atoms with Gasteiger partial charge in [0.05, 0.1) is 36.3 Å². The minimum absolute atomic E-state index is 0. The molecule has 1 aliphatic heterocycles. The van der Waals surface area contributed by atoms with Crippen molar-refractivity contribution in [2.24, 2.45) is 0 Å². The molecule has 178 valence electrons. The molecule has 1 aromatic heterocycles. The fraction of sp³-hybridized carbons (Fsp3) is 0.391. The Morgan fingerprint density at radius 2 is 2.00 bits per heavy atom. The third kappa shape index (κ3) is 7.04. The molecule has 2 aromatic carbocycles. The first-order valence-corrected chi connectivity index (χ1v) is 12.4. The molecule has 0 aliphatic carbocycles. The lowest BCUT2D eigenvalue weighted by atomic mass is 10.3. The van der Waals surface area contributed by atoms with Gasteiger partial charge in [-0.25, -0.2) is 9.37 Å². The lowest BCUT2D eigenvalue weighted by Gasteiger charge is -2.27. The Hall–Kier alpha value is -1.91. The summed E-state index contributed by atoms with van der Waals surface area (Å²) in [4.78, 5) is 22.9. The predicted octanol–water partition coefficient (Wildman–Crippen LogP) is 4.71. The van der Waals surface area contributed by atoms with Gasteiger partial charge in [-0.1, -0.05) is 11.3 Å². The first-order valence-electron chi connectivity index (χ1n) is 10.6. The van der Waals surface area contributed by atoms with Gasteiger partial charge in [-0.3, -0.25) is 14.6 Å². The molecule has 0 unspecified atom stereocenters. The second-order valence-corrected chi connectivity index (χ2v) is 9.48. The largest absolute Gasteiger partial charge is 0.497 e. The summed E-state index contributed by atoms with van der Waals surface area (Å²) < 4.78 is 25.0. The van der Waals surface area contributed by atoms with Crippen LogP contribution in [-0.4, -0.2) is 68.0 Å². The molecule has 0 radical (unpaired) electrons. The maximum atomic E-state index is 13.6. The number of carbonyl (C=O) groups excluding carboxylic acids is 1. The van der Waals surface area contributed by atoms with Crippen molar-refractivity contribution >= 4 is 56.8 Å². The Morgan fingerprint density at radius 1 is 1.24 bits per heavy atom. The average molecular weight is 512 g/mol. The fourth-order valence-electron chi connectivity index (χ4n) is 3.50. The SMILES string of the molecule is COc1ccc(SCC(=O)N(CCCN2CCOCC2)c2nc3ccc(F)cc3s2)cc1.Cl. The van der Waals surface area contributed by atoms with Crippen molar-refractivity contribution in [3.05, 3.63) is 48.3 Å². The number of aromatic nitrogens is 1. The number of hydrogen-bond donors (Lipinski definition) is 0. The van der Waals surface area contributed by atoms with Gasteiger partial charge in [-0.2, -0.15) is 0 Å². The van der Waals surface area contributed by atoms with E-state index in [0.29, 0.717) is 22.9 Å². The molecule has 0 atom stereocenters. The third-order valence-electron chi connectivity index (χ3n) is 5.25. The second-order valence-electron chi connectivity index (χ2n) is 7.43. The summed E-state index contributed by atoms with van der Waals surface area (Å²) in [5.41, 5.74) is 0.709. The Morgan fingerprint density at radius 3 is 2.73 bits per heavy atom. The van der Waals surface area contributed by atoms with Gasteiger partial charge in [-0.15, -0.1) is 24.2 Å². The van der Waals surface area contributed by atoms with Crippen LogP contribution >= 0.6 is 35.5 Å². The zero-order valence-corrected chi connectivity index (χ0v) is 20.8. The van der Waals surface area contributed by atoms with Crippen molar-refractivity contribution in [3.63, 3.8) is 0 Å². The van der Waals surface area contributed by atoms with Crippen LogP contribution in [0.4, 0.5) is 9.52 Å². The van der Waals surface area contributed by atoms with Crippen LogP contribution in [0.2, 0.25) is 0 Å². The molecular formula is C23H27ClFN3O3S2. The topological polar surface area (TPSA) is 54.9 Å². The minimum Gasteiger partial charge on any atom is -0.497 e. The first-order chi connectivity index (χ1) is 15.6. The molecule has 33 heavy (non-hydrogen) atoms. The zero-order chi connectivity index (χ0) is 22.3. The Kier molecular flexibility index (Phi) is 9.76. The normalized spacial score (nSPS) is 14.1. The molecule has 0 bridgehead atoms. The van der Waals surface area contributed by atoms with E-state index in [1.807, 2.05) is 24.3 Å². The summed E-state index contributed by atoms with van der Waals surface area (Å²) in [7, 11) is 1.63.